The van der Waals surface area contributed by atoms with Gasteiger partial charge in [-0.1, -0.05) is 15.5 Å². The summed E-state index contributed by atoms with van der Waals surface area (Å²) >= 11 is 0. The van der Waals surface area contributed by atoms with Gasteiger partial charge >= 0.3 is 0 Å². The Bertz CT molecular complexity index is 359. The van der Waals surface area contributed by atoms with Crippen molar-refractivity contribution in [3.8, 4) is 0 Å². The van der Waals surface area contributed by atoms with Crippen LogP contribution in [0.5, 0.6) is 0 Å². The molecular weight excluding hydrogens is 217 g/mol. The van der Waals surface area contributed by atoms with Gasteiger partial charge in [0.05, 0.1) is 11.4 Å². The van der Waals surface area contributed by atoms with Crippen LogP contribution >= 0.6 is 9.39 Å². The standard InChI is InChI=1S/C12H20N3P/c1-9-2-3-12(11(13)8-9)14-10-4-6-15(16)7-5-10/h2-3,8,10,14H,4-7,13,16H2,1H3. The van der Waals surface area contributed by atoms with Gasteiger partial charge in [0.15, 0.2) is 0 Å². The van der Waals surface area contributed by atoms with Crippen molar-refractivity contribution < 1.29 is 0 Å². The van der Waals surface area contributed by atoms with Crippen LogP contribution in [0.2, 0.25) is 0 Å². The van der Waals surface area contributed by atoms with E-state index in [0.29, 0.717) is 6.04 Å². The summed E-state index contributed by atoms with van der Waals surface area (Å²) in [5.74, 6) is 0. The van der Waals surface area contributed by atoms with Crippen LogP contribution in [-0.4, -0.2) is 23.8 Å². The molecule has 88 valence electrons. The predicted octanol–water partition coefficient (Wildman–Crippen LogP) is 2.24. The van der Waals surface area contributed by atoms with E-state index in [1.54, 1.807) is 0 Å². The zero-order valence-electron chi connectivity index (χ0n) is 9.74. The van der Waals surface area contributed by atoms with E-state index in [1.807, 2.05) is 6.07 Å². The smallest absolute Gasteiger partial charge is 0.0576 e. The summed E-state index contributed by atoms with van der Waals surface area (Å²) in [5.41, 5.74) is 9.13. The highest BCUT2D eigenvalue weighted by atomic mass is 31.0. The molecule has 1 aromatic rings. The number of benzene rings is 1. The van der Waals surface area contributed by atoms with Crippen molar-refractivity contribution in [2.45, 2.75) is 25.8 Å². The fourth-order valence-electron chi connectivity index (χ4n) is 2.08. The van der Waals surface area contributed by atoms with Crippen LogP contribution in [0.15, 0.2) is 18.2 Å². The third-order valence-electron chi connectivity index (χ3n) is 3.10. The van der Waals surface area contributed by atoms with Crippen LogP contribution in [0.25, 0.3) is 0 Å². The first-order valence-electron chi connectivity index (χ1n) is 5.77. The van der Waals surface area contributed by atoms with E-state index in [0.717, 1.165) is 24.5 Å². The molecule has 0 bridgehead atoms. The molecular formula is C12H20N3P. The highest BCUT2D eigenvalue weighted by Crippen LogP contribution is 2.23. The zero-order valence-corrected chi connectivity index (χ0v) is 10.9. The summed E-state index contributed by atoms with van der Waals surface area (Å²) < 4.78 is 2.29. The molecule has 1 unspecified atom stereocenters. The summed E-state index contributed by atoms with van der Waals surface area (Å²) in [7, 11) is 2.77. The first-order chi connectivity index (χ1) is 7.65. The third kappa shape index (κ3) is 2.87. The average molecular weight is 237 g/mol. The Balaban J connectivity index is 1.98. The maximum atomic E-state index is 5.99. The molecule has 0 radical (unpaired) electrons. The molecule has 1 aliphatic rings. The number of hydrogen-bond acceptors (Lipinski definition) is 3. The highest BCUT2D eigenvalue weighted by molar-refractivity contribution is 7.13. The van der Waals surface area contributed by atoms with Gasteiger partial charge in [-0.2, -0.15) is 0 Å². The molecule has 0 amide bonds. The third-order valence-corrected chi connectivity index (χ3v) is 3.61. The van der Waals surface area contributed by atoms with Gasteiger partial charge in [-0.05, 0) is 37.5 Å². The molecule has 1 aromatic carbocycles. The quantitative estimate of drug-likeness (QED) is 0.612. The van der Waals surface area contributed by atoms with Crippen molar-refractivity contribution >= 4 is 20.8 Å². The molecule has 1 fully saturated rings. The number of anilines is 2. The fraction of sp³-hybridized carbons (Fsp3) is 0.500. The maximum absolute atomic E-state index is 5.99. The summed E-state index contributed by atoms with van der Waals surface area (Å²) in [6.45, 7) is 4.33. The molecule has 1 saturated heterocycles. The summed E-state index contributed by atoms with van der Waals surface area (Å²) in [6, 6.07) is 6.76. The largest absolute Gasteiger partial charge is 0.397 e. The molecule has 0 aliphatic carbocycles. The number of nitrogens with zero attached hydrogens (tertiary/aromatic N) is 1. The van der Waals surface area contributed by atoms with Gasteiger partial charge in [0.1, 0.15) is 0 Å². The van der Waals surface area contributed by atoms with Crippen LogP contribution in [0, 0.1) is 6.92 Å². The van der Waals surface area contributed by atoms with Gasteiger partial charge in [-0.3, -0.25) is 4.67 Å². The Labute approximate surface area is 99.7 Å². The van der Waals surface area contributed by atoms with Gasteiger partial charge in [-0.25, -0.2) is 0 Å². The van der Waals surface area contributed by atoms with Gasteiger partial charge in [-0.15, -0.1) is 0 Å². The second-order valence-corrected chi connectivity index (χ2v) is 5.28. The topological polar surface area (TPSA) is 41.3 Å². The average Bonchev–Trinajstić information content (AvgIpc) is 2.25. The second kappa shape index (κ2) is 5.03. The van der Waals surface area contributed by atoms with E-state index in [9.17, 15) is 0 Å². The molecule has 0 spiro atoms. The molecule has 2 rings (SSSR count). The van der Waals surface area contributed by atoms with Crippen molar-refractivity contribution in [2.75, 3.05) is 24.1 Å². The molecule has 16 heavy (non-hydrogen) atoms. The van der Waals surface area contributed by atoms with Crippen molar-refractivity contribution in [2.24, 2.45) is 0 Å². The summed E-state index contributed by atoms with van der Waals surface area (Å²) in [6.07, 6.45) is 2.35. The maximum Gasteiger partial charge on any atom is 0.0576 e. The van der Waals surface area contributed by atoms with E-state index >= 15 is 0 Å². The van der Waals surface area contributed by atoms with E-state index in [2.05, 4.69) is 38.4 Å². The molecule has 3 N–H and O–H groups in total. The predicted molar refractivity (Wildman–Crippen MR) is 73.5 cm³/mol. The van der Waals surface area contributed by atoms with Crippen LogP contribution in [0.4, 0.5) is 11.4 Å². The van der Waals surface area contributed by atoms with Crippen LogP contribution in [-0.2, 0) is 0 Å². The SMILES string of the molecule is Cc1ccc(NC2CCN(P)CC2)c(N)c1. The highest BCUT2D eigenvalue weighted by Gasteiger charge is 2.16. The molecule has 4 heteroatoms. The van der Waals surface area contributed by atoms with E-state index in [-0.39, 0.29) is 0 Å². The molecule has 0 saturated carbocycles. The van der Waals surface area contributed by atoms with Gasteiger partial charge < -0.3 is 11.1 Å². The Morgan fingerprint density at radius 2 is 2.06 bits per heavy atom. The number of piperidine rings is 1. The van der Waals surface area contributed by atoms with Gasteiger partial charge in [0, 0.05) is 19.1 Å². The first kappa shape index (κ1) is 11.7. The minimum atomic E-state index is 0.557. The fourth-order valence-corrected chi connectivity index (χ4v) is 2.38. The second-order valence-electron chi connectivity index (χ2n) is 4.55. The lowest BCUT2D eigenvalue weighted by molar-refractivity contribution is 0.357. The van der Waals surface area contributed by atoms with Crippen molar-refractivity contribution in [1.29, 1.82) is 0 Å². The van der Waals surface area contributed by atoms with E-state index < -0.39 is 0 Å². The molecule has 3 nitrogen and oxygen atoms in total. The lowest BCUT2D eigenvalue weighted by atomic mass is 10.1. The van der Waals surface area contributed by atoms with Gasteiger partial charge in [0.25, 0.3) is 0 Å². The Hall–Kier alpha value is -0.790. The Morgan fingerprint density at radius 3 is 2.69 bits per heavy atom. The lowest BCUT2D eigenvalue weighted by Crippen LogP contribution is -2.34. The Kier molecular flexibility index (Phi) is 3.67. The van der Waals surface area contributed by atoms with Gasteiger partial charge in [0.2, 0.25) is 0 Å². The molecule has 1 aliphatic heterocycles. The molecule has 1 heterocycles. The number of nitrogens with one attached hydrogen (secondary N) is 1. The van der Waals surface area contributed by atoms with E-state index in [1.165, 1.54) is 18.4 Å². The number of aryl methyl sites for hydroxylation is 1. The number of rotatable bonds is 2. The Morgan fingerprint density at radius 1 is 1.38 bits per heavy atom. The van der Waals surface area contributed by atoms with Crippen molar-refractivity contribution in [3.63, 3.8) is 0 Å². The molecule has 0 aromatic heterocycles. The number of nitrogen functional groups attached to an aromatic ring is 1. The van der Waals surface area contributed by atoms with Crippen LogP contribution in [0.1, 0.15) is 18.4 Å². The molecule has 1 atom stereocenters. The minimum absolute atomic E-state index is 0.557. The summed E-state index contributed by atoms with van der Waals surface area (Å²) in [5, 5.41) is 3.54. The van der Waals surface area contributed by atoms with Crippen LogP contribution < -0.4 is 11.1 Å². The van der Waals surface area contributed by atoms with Crippen molar-refractivity contribution in [3.05, 3.63) is 23.8 Å². The lowest BCUT2D eigenvalue weighted by Gasteiger charge is -2.30. The van der Waals surface area contributed by atoms with Crippen LogP contribution in [0.3, 0.4) is 0 Å². The summed E-state index contributed by atoms with van der Waals surface area (Å²) in [4.78, 5) is 0. The number of hydrogen-bond donors (Lipinski definition) is 2. The minimum Gasteiger partial charge on any atom is -0.397 e. The van der Waals surface area contributed by atoms with E-state index in [4.69, 9.17) is 5.73 Å². The first-order valence-corrected chi connectivity index (χ1v) is 6.29. The van der Waals surface area contributed by atoms with Crippen molar-refractivity contribution in [1.82, 2.24) is 4.67 Å². The zero-order chi connectivity index (χ0) is 11.5. The monoisotopic (exact) mass is 237 g/mol. The normalized spacial score (nSPS) is 18.6. The number of nitrogens with two attached hydrogens (primary N) is 1.